The van der Waals surface area contributed by atoms with Gasteiger partial charge in [-0.25, -0.2) is 4.39 Å². The number of nitrogens with two attached hydrogens (primary N) is 1. The lowest BCUT2D eigenvalue weighted by molar-refractivity contribution is -0.121. The standard InChI is InChI=1S/C14H21FN2O/c1-10(16)8-13(18)17-9-14(2,3)11-6-4-5-7-12(11)15/h4-7,10H,8-9,16H2,1-3H3,(H,17,18). The molecule has 100 valence electrons. The zero-order chi connectivity index (χ0) is 13.8. The highest BCUT2D eigenvalue weighted by atomic mass is 19.1. The molecule has 0 saturated carbocycles. The third-order valence-electron chi connectivity index (χ3n) is 2.84. The van der Waals surface area contributed by atoms with Crippen LogP contribution in [-0.4, -0.2) is 18.5 Å². The molecule has 3 N–H and O–H groups in total. The second-order valence-corrected chi connectivity index (χ2v) is 5.32. The maximum atomic E-state index is 13.7. The van der Waals surface area contributed by atoms with Gasteiger partial charge in [-0.1, -0.05) is 32.0 Å². The Kier molecular flexibility index (Phi) is 4.84. The van der Waals surface area contributed by atoms with Gasteiger partial charge in [-0.2, -0.15) is 0 Å². The number of amides is 1. The van der Waals surface area contributed by atoms with Crippen LogP contribution in [0.2, 0.25) is 0 Å². The van der Waals surface area contributed by atoms with Crippen molar-refractivity contribution in [2.45, 2.75) is 38.6 Å². The zero-order valence-electron chi connectivity index (χ0n) is 11.2. The molecule has 18 heavy (non-hydrogen) atoms. The highest BCUT2D eigenvalue weighted by molar-refractivity contribution is 5.76. The predicted octanol–water partition coefficient (Wildman–Crippen LogP) is 1.96. The quantitative estimate of drug-likeness (QED) is 0.841. The highest BCUT2D eigenvalue weighted by Crippen LogP contribution is 2.24. The topological polar surface area (TPSA) is 55.1 Å². The lowest BCUT2D eigenvalue weighted by Crippen LogP contribution is -2.39. The molecule has 1 aromatic rings. The molecule has 1 unspecified atom stereocenters. The van der Waals surface area contributed by atoms with E-state index in [1.54, 1.807) is 25.1 Å². The van der Waals surface area contributed by atoms with Gasteiger partial charge in [0.15, 0.2) is 0 Å². The number of nitrogens with one attached hydrogen (secondary N) is 1. The van der Waals surface area contributed by atoms with Crippen LogP contribution in [0.3, 0.4) is 0 Å². The molecule has 0 saturated heterocycles. The van der Waals surface area contributed by atoms with Crippen molar-refractivity contribution < 1.29 is 9.18 Å². The molecule has 1 amide bonds. The molecule has 0 bridgehead atoms. The molecule has 4 heteroatoms. The molecule has 1 atom stereocenters. The van der Waals surface area contributed by atoms with Crippen LogP contribution in [0.25, 0.3) is 0 Å². The van der Waals surface area contributed by atoms with Crippen LogP contribution in [-0.2, 0) is 10.2 Å². The van der Waals surface area contributed by atoms with Gasteiger partial charge >= 0.3 is 0 Å². The summed E-state index contributed by atoms with van der Waals surface area (Å²) >= 11 is 0. The number of halogens is 1. The summed E-state index contributed by atoms with van der Waals surface area (Å²) in [6.07, 6.45) is 0.285. The Bertz CT molecular complexity index is 416. The van der Waals surface area contributed by atoms with Crippen molar-refractivity contribution in [2.75, 3.05) is 6.54 Å². The third-order valence-corrected chi connectivity index (χ3v) is 2.84. The molecule has 1 rings (SSSR count). The van der Waals surface area contributed by atoms with Crippen LogP contribution in [0.4, 0.5) is 4.39 Å². The Morgan fingerprint density at radius 3 is 2.61 bits per heavy atom. The second-order valence-electron chi connectivity index (χ2n) is 5.32. The smallest absolute Gasteiger partial charge is 0.221 e. The van der Waals surface area contributed by atoms with Crippen LogP contribution in [0.5, 0.6) is 0 Å². The van der Waals surface area contributed by atoms with Crippen molar-refractivity contribution in [1.82, 2.24) is 5.32 Å². The van der Waals surface area contributed by atoms with Crippen LogP contribution in [0.1, 0.15) is 32.8 Å². The lowest BCUT2D eigenvalue weighted by atomic mass is 9.84. The number of carbonyl (C=O) groups excluding carboxylic acids is 1. The summed E-state index contributed by atoms with van der Waals surface area (Å²) in [5, 5.41) is 2.79. The van der Waals surface area contributed by atoms with Gasteiger partial charge in [-0.05, 0) is 18.6 Å². The van der Waals surface area contributed by atoms with Crippen molar-refractivity contribution in [3.05, 3.63) is 35.6 Å². The van der Waals surface area contributed by atoms with Crippen molar-refractivity contribution >= 4 is 5.91 Å². The largest absolute Gasteiger partial charge is 0.355 e. The van der Waals surface area contributed by atoms with Crippen LogP contribution in [0, 0.1) is 5.82 Å². The Labute approximate surface area is 108 Å². The maximum absolute atomic E-state index is 13.7. The van der Waals surface area contributed by atoms with Gasteiger partial charge in [0.25, 0.3) is 0 Å². The van der Waals surface area contributed by atoms with Crippen LogP contribution >= 0.6 is 0 Å². The van der Waals surface area contributed by atoms with Crippen LogP contribution < -0.4 is 11.1 Å². The van der Waals surface area contributed by atoms with Gasteiger partial charge in [0.2, 0.25) is 5.91 Å². The second kappa shape index (κ2) is 5.96. The average molecular weight is 252 g/mol. The summed E-state index contributed by atoms with van der Waals surface area (Å²) in [6, 6.07) is 6.46. The summed E-state index contributed by atoms with van der Waals surface area (Å²) in [7, 11) is 0. The number of hydrogen-bond donors (Lipinski definition) is 2. The Balaban J connectivity index is 2.65. The van der Waals surface area contributed by atoms with Gasteiger partial charge < -0.3 is 11.1 Å². The molecule has 1 aromatic carbocycles. The molecule has 0 fully saturated rings. The number of benzene rings is 1. The van der Waals surface area contributed by atoms with E-state index in [0.717, 1.165) is 0 Å². The van der Waals surface area contributed by atoms with Crippen molar-refractivity contribution in [3.63, 3.8) is 0 Å². The van der Waals surface area contributed by atoms with Gasteiger partial charge in [0.1, 0.15) is 5.82 Å². The predicted molar refractivity (Wildman–Crippen MR) is 70.7 cm³/mol. The first kappa shape index (κ1) is 14.6. The molecule has 0 aliphatic heterocycles. The van der Waals surface area contributed by atoms with E-state index in [2.05, 4.69) is 5.32 Å². The van der Waals surface area contributed by atoms with Gasteiger partial charge in [0.05, 0.1) is 0 Å². The average Bonchev–Trinajstić information content (AvgIpc) is 2.26. The van der Waals surface area contributed by atoms with E-state index in [1.807, 2.05) is 13.8 Å². The van der Waals surface area contributed by atoms with Gasteiger partial charge in [0, 0.05) is 24.4 Å². The van der Waals surface area contributed by atoms with E-state index in [4.69, 9.17) is 5.73 Å². The van der Waals surface area contributed by atoms with Crippen molar-refractivity contribution in [1.29, 1.82) is 0 Å². The molecule has 0 heterocycles. The molecule has 0 aliphatic rings. The minimum absolute atomic E-state index is 0.102. The van der Waals surface area contributed by atoms with Gasteiger partial charge in [-0.3, -0.25) is 4.79 Å². The SMILES string of the molecule is CC(N)CC(=O)NCC(C)(C)c1ccccc1F. The van der Waals surface area contributed by atoms with Crippen LogP contribution in [0.15, 0.2) is 24.3 Å². The Morgan fingerprint density at radius 2 is 2.06 bits per heavy atom. The number of hydrogen-bond acceptors (Lipinski definition) is 2. The molecular weight excluding hydrogens is 231 g/mol. The first-order valence-electron chi connectivity index (χ1n) is 6.10. The minimum atomic E-state index is -0.446. The summed E-state index contributed by atoms with van der Waals surface area (Å²) in [5.41, 5.74) is 5.70. The van der Waals surface area contributed by atoms with Crippen molar-refractivity contribution in [2.24, 2.45) is 5.73 Å². The summed E-state index contributed by atoms with van der Waals surface area (Å²) in [6.45, 7) is 5.97. The fourth-order valence-corrected chi connectivity index (χ4v) is 1.79. The fourth-order valence-electron chi connectivity index (χ4n) is 1.79. The summed E-state index contributed by atoms with van der Waals surface area (Å²) < 4.78 is 13.7. The molecule has 0 aliphatic carbocycles. The molecular formula is C14H21FN2O. The molecule has 0 radical (unpaired) electrons. The third kappa shape index (κ3) is 4.11. The van der Waals surface area contributed by atoms with Crippen molar-refractivity contribution in [3.8, 4) is 0 Å². The van der Waals surface area contributed by atoms with E-state index < -0.39 is 5.41 Å². The highest BCUT2D eigenvalue weighted by Gasteiger charge is 2.24. The van der Waals surface area contributed by atoms with E-state index in [0.29, 0.717) is 12.1 Å². The molecule has 3 nitrogen and oxygen atoms in total. The van der Waals surface area contributed by atoms with E-state index in [9.17, 15) is 9.18 Å². The van der Waals surface area contributed by atoms with E-state index in [1.165, 1.54) is 6.07 Å². The molecule has 0 aromatic heterocycles. The normalized spacial score (nSPS) is 13.2. The summed E-state index contributed by atoms with van der Waals surface area (Å²) in [4.78, 5) is 11.5. The zero-order valence-corrected chi connectivity index (χ0v) is 11.2. The van der Waals surface area contributed by atoms with E-state index >= 15 is 0 Å². The minimum Gasteiger partial charge on any atom is -0.355 e. The monoisotopic (exact) mass is 252 g/mol. The van der Waals surface area contributed by atoms with E-state index in [-0.39, 0.29) is 24.2 Å². The maximum Gasteiger partial charge on any atom is 0.221 e. The summed E-state index contributed by atoms with van der Waals surface area (Å²) in [5.74, 6) is -0.349. The number of rotatable bonds is 5. The van der Waals surface area contributed by atoms with Gasteiger partial charge in [-0.15, -0.1) is 0 Å². The Morgan fingerprint density at radius 1 is 1.44 bits per heavy atom. The molecule has 0 spiro atoms. The first-order valence-corrected chi connectivity index (χ1v) is 6.10. The Hall–Kier alpha value is -1.42. The number of carbonyl (C=O) groups is 1. The lowest BCUT2D eigenvalue weighted by Gasteiger charge is -2.26. The fraction of sp³-hybridized carbons (Fsp3) is 0.500. The first-order chi connectivity index (χ1) is 8.33.